The van der Waals surface area contributed by atoms with E-state index in [1.54, 1.807) is 6.33 Å². The fourth-order valence-electron chi connectivity index (χ4n) is 4.18. The molecule has 190 valence electrons. The van der Waals surface area contributed by atoms with E-state index in [9.17, 15) is 0 Å². The molecule has 4 aromatic rings. The molecule has 5 rings (SSSR count). The lowest BCUT2D eigenvalue weighted by Crippen LogP contribution is -2.17. The largest absolute Gasteiger partial charge is 0.462 e. The van der Waals surface area contributed by atoms with Crippen LogP contribution in [0.2, 0.25) is 0 Å². The van der Waals surface area contributed by atoms with Crippen molar-refractivity contribution in [1.29, 1.82) is 5.41 Å². The topological polar surface area (TPSA) is 109 Å². The number of aliphatic imine (C=N–C) groups is 1. The van der Waals surface area contributed by atoms with Gasteiger partial charge in [0.1, 0.15) is 23.9 Å². The lowest BCUT2D eigenvalue weighted by molar-refractivity contribution is 0.278. The predicted octanol–water partition coefficient (Wildman–Crippen LogP) is 5.73. The molecule has 0 bridgehead atoms. The standard InChI is InChI=1S/C28H31N7O2/c1-17-12-18(7-11-25(17)37-20-8-10-24-23(14-20)31-16-35(24)5)32-26(29)21-13-19(6-9-22(21)30-4)33-27-34-28(2,3)15-36-27/h6-14,16,30H,15H2,1-5H3,(H2,29,32)(H,33,34). The molecule has 0 fully saturated rings. The van der Waals surface area contributed by atoms with Gasteiger partial charge in [0.15, 0.2) is 0 Å². The number of rotatable bonds is 6. The van der Waals surface area contributed by atoms with Crippen LogP contribution in [0.5, 0.6) is 11.5 Å². The Labute approximate surface area is 216 Å². The van der Waals surface area contributed by atoms with Gasteiger partial charge < -0.3 is 30.0 Å². The number of nitrogens with one attached hydrogen (secondary N) is 4. The molecule has 4 N–H and O–H groups in total. The average molecular weight is 498 g/mol. The molecule has 0 amide bonds. The number of amidine groups is 2. The molecular weight excluding hydrogens is 466 g/mol. The Kier molecular flexibility index (Phi) is 6.20. The van der Waals surface area contributed by atoms with Gasteiger partial charge in [-0.2, -0.15) is 0 Å². The first-order chi connectivity index (χ1) is 17.7. The van der Waals surface area contributed by atoms with Crippen LogP contribution >= 0.6 is 0 Å². The van der Waals surface area contributed by atoms with Crippen molar-refractivity contribution in [2.75, 3.05) is 29.6 Å². The molecule has 37 heavy (non-hydrogen) atoms. The summed E-state index contributed by atoms with van der Waals surface area (Å²) in [4.78, 5) is 8.95. The van der Waals surface area contributed by atoms with E-state index in [1.165, 1.54) is 0 Å². The van der Waals surface area contributed by atoms with Crippen molar-refractivity contribution >= 4 is 40.0 Å². The summed E-state index contributed by atoms with van der Waals surface area (Å²) < 4.78 is 13.8. The summed E-state index contributed by atoms with van der Waals surface area (Å²) >= 11 is 0. The van der Waals surface area contributed by atoms with Crippen LogP contribution in [0.1, 0.15) is 25.0 Å². The van der Waals surface area contributed by atoms with Gasteiger partial charge in [0.05, 0.1) is 22.9 Å². The van der Waals surface area contributed by atoms with Crippen molar-refractivity contribution in [3.05, 3.63) is 72.1 Å². The van der Waals surface area contributed by atoms with Gasteiger partial charge in [-0.1, -0.05) is 0 Å². The first kappa shape index (κ1) is 24.2. The number of aryl methyl sites for hydroxylation is 2. The Morgan fingerprint density at radius 1 is 1.08 bits per heavy atom. The van der Waals surface area contributed by atoms with E-state index in [1.807, 2.05) is 94.0 Å². The number of imidazole rings is 1. The summed E-state index contributed by atoms with van der Waals surface area (Å²) in [5.41, 5.74) is 5.77. The normalized spacial score (nSPS) is 14.1. The number of fused-ring (bicyclic) bond motifs is 1. The summed E-state index contributed by atoms with van der Waals surface area (Å²) in [6.45, 7) is 6.56. The summed E-state index contributed by atoms with van der Waals surface area (Å²) in [5.74, 6) is 1.73. The molecule has 0 atom stereocenters. The van der Waals surface area contributed by atoms with E-state index in [-0.39, 0.29) is 11.4 Å². The van der Waals surface area contributed by atoms with Crippen molar-refractivity contribution < 1.29 is 9.47 Å². The van der Waals surface area contributed by atoms with E-state index >= 15 is 0 Å². The van der Waals surface area contributed by atoms with Crippen LogP contribution in [-0.2, 0) is 11.8 Å². The summed E-state index contributed by atoms with van der Waals surface area (Å²) in [6.07, 6.45) is 1.79. The fraction of sp³-hybridized carbons (Fsp3) is 0.250. The van der Waals surface area contributed by atoms with Gasteiger partial charge in [0.25, 0.3) is 6.02 Å². The number of nitrogens with zero attached hydrogens (tertiary/aromatic N) is 3. The third-order valence-electron chi connectivity index (χ3n) is 6.14. The van der Waals surface area contributed by atoms with E-state index < -0.39 is 0 Å². The quantitative estimate of drug-likeness (QED) is 0.200. The van der Waals surface area contributed by atoms with Crippen molar-refractivity contribution in [2.24, 2.45) is 12.0 Å². The van der Waals surface area contributed by atoms with Gasteiger partial charge in [0.2, 0.25) is 0 Å². The third-order valence-corrected chi connectivity index (χ3v) is 6.14. The van der Waals surface area contributed by atoms with Gasteiger partial charge in [-0.05, 0) is 74.9 Å². The fourth-order valence-corrected chi connectivity index (χ4v) is 4.18. The molecule has 1 aromatic heterocycles. The molecule has 0 unspecified atom stereocenters. The molecular formula is C28H31N7O2. The van der Waals surface area contributed by atoms with Crippen LogP contribution in [0.15, 0.2) is 65.9 Å². The van der Waals surface area contributed by atoms with Crippen LogP contribution in [0.4, 0.5) is 17.1 Å². The highest BCUT2D eigenvalue weighted by Crippen LogP contribution is 2.30. The Hall–Kier alpha value is -4.53. The van der Waals surface area contributed by atoms with Crippen molar-refractivity contribution in [2.45, 2.75) is 26.3 Å². The second-order valence-corrected chi connectivity index (χ2v) is 9.74. The van der Waals surface area contributed by atoms with Gasteiger partial charge >= 0.3 is 0 Å². The molecule has 0 saturated heterocycles. The zero-order chi connectivity index (χ0) is 26.2. The number of hydrogen-bond acceptors (Lipinski definition) is 7. The van der Waals surface area contributed by atoms with Gasteiger partial charge in [-0.25, -0.2) is 9.98 Å². The molecule has 9 heteroatoms. The highest BCUT2D eigenvalue weighted by atomic mass is 16.5. The van der Waals surface area contributed by atoms with Gasteiger partial charge in [-0.3, -0.25) is 5.41 Å². The van der Waals surface area contributed by atoms with E-state index in [0.29, 0.717) is 18.2 Å². The monoisotopic (exact) mass is 497 g/mol. The number of ether oxygens (including phenoxy) is 2. The number of aromatic nitrogens is 2. The molecule has 0 spiro atoms. The maximum absolute atomic E-state index is 8.76. The lowest BCUT2D eigenvalue weighted by Gasteiger charge is -2.16. The van der Waals surface area contributed by atoms with Crippen molar-refractivity contribution in [3.63, 3.8) is 0 Å². The molecule has 0 radical (unpaired) electrons. The van der Waals surface area contributed by atoms with Gasteiger partial charge in [0, 0.05) is 42.8 Å². The van der Waals surface area contributed by atoms with E-state index in [4.69, 9.17) is 14.9 Å². The van der Waals surface area contributed by atoms with Crippen LogP contribution in [0.3, 0.4) is 0 Å². The Balaban J connectivity index is 1.31. The number of hydrogen-bond donors (Lipinski definition) is 4. The number of anilines is 3. The minimum atomic E-state index is -0.247. The summed E-state index contributed by atoms with van der Waals surface area (Å²) in [6, 6.07) is 17.9. The minimum absolute atomic E-state index is 0.247. The summed E-state index contributed by atoms with van der Waals surface area (Å²) in [7, 11) is 3.81. The lowest BCUT2D eigenvalue weighted by atomic mass is 10.1. The minimum Gasteiger partial charge on any atom is -0.462 e. The molecule has 1 aliphatic heterocycles. The van der Waals surface area contributed by atoms with Crippen molar-refractivity contribution in [1.82, 2.24) is 9.55 Å². The van der Waals surface area contributed by atoms with E-state index in [2.05, 4.69) is 25.9 Å². The van der Waals surface area contributed by atoms with Crippen molar-refractivity contribution in [3.8, 4) is 11.5 Å². The molecule has 3 aromatic carbocycles. The molecule has 2 heterocycles. The second-order valence-electron chi connectivity index (χ2n) is 9.74. The molecule has 9 nitrogen and oxygen atoms in total. The highest BCUT2D eigenvalue weighted by molar-refractivity contribution is 6.10. The average Bonchev–Trinajstić information content (AvgIpc) is 3.41. The highest BCUT2D eigenvalue weighted by Gasteiger charge is 2.26. The van der Waals surface area contributed by atoms with Crippen LogP contribution in [0.25, 0.3) is 11.0 Å². The van der Waals surface area contributed by atoms with Gasteiger partial charge in [-0.15, -0.1) is 0 Å². The van der Waals surface area contributed by atoms with E-state index in [0.717, 1.165) is 45.2 Å². The number of benzene rings is 3. The maximum atomic E-state index is 8.76. The maximum Gasteiger partial charge on any atom is 0.289 e. The Morgan fingerprint density at radius 2 is 1.89 bits per heavy atom. The molecule has 0 aliphatic carbocycles. The smallest absolute Gasteiger partial charge is 0.289 e. The zero-order valence-corrected chi connectivity index (χ0v) is 21.6. The van der Waals surface area contributed by atoms with Crippen LogP contribution < -0.4 is 20.7 Å². The second kappa shape index (κ2) is 9.50. The SMILES string of the molecule is CNc1ccc(NC2=NC(C)(C)CO2)cc1C(=N)Nc1ccc(Oc2ccc3c(c2)ncn3C)c(C)c1. The molecule has 1 aliphatic rings. The Bertz CT molecular complexity index is 1520. The molecule has 0 saturated carbocycles. The zero-order valence-electron chi connectivity index (χ0n) is 21.6. The van der Waals surface area contributed by atoms with Crippen LogP contribution in [-0.4, -0.2) is 40.6 Å². The first-order valence-corrected chi connectivity index (χ1v) is 12.1. The predicted molar refractivity (Wildman–Crippen MR) is 149 cm³/mol. The van der Waals surface area contributed by atoms with Crippen LogP contribution in [0, 0.1) is 12.3 Å². The third kappa shape index (κ3) is 5.20. The first-order valence-electron chi connectivity index (χ1n) is 12.1. The Morgan fingerprint density at radius 3 is 2.62 bits per heavy atom. The summed E-state index contributed by atoms with van der Waals surface area (Å²) in [5, 5.41) is 18.3.